The highest BCUT2D eigenvalue weighted by Gasteiger charge is 2.53. The number of carbonyl (C=O) groups is 3. The van der Waals surface area contributed by atoms with Gasteiger partial charge in [-0.1, -0.05) is 48.5 Å². The molecular formula is C35H29FN4O4. The van der Waals surface area contributed by atoms with E-state index in [0.717, 1.165) is 27.7 Å². The molecule has 0 saturated carbocycles. The molecule has 8 nitrogen and oxygen atoms in total. The number of halogens is 1. The lowest BCUT2D eigenvalue weighted by atomic mass is 9.89. The van der Waals surface area contributed by atoms with Crippen molar-refractivity contribution in [3.8, 4) is 5.75 Å². The predicted octanol–water partition coefficient (Wildman–Crippen LogP) is 5.77. The summed E-state index contributed by atoms with van der Waals surface area (Å²) in [6.45, 7) is 0.266. The van der Waals surface area contributed by atoms with Crippen molar-refractivity contribution < 1.29 is 23.5 Å². The lowest BCUT2D eigenvalue weighted by Gasteiger charge is -2.36. The minimum atomic E-state index is -0.702. The Hall–Kier alpha value is -5.44. The number of carbonyl (C=O) groups excluding carboxylic acids is 3. The molecule has 1 aromatic heterocycles. The number of methoxy groups -OCH3 is 1. The SMILES string of the molecule is COc1cccc([C@H]2c3[nH]c4ccccc4c3C[C@H]3C(=O)N(c4ccc(C(=O)NCCc5ccccc5F)cc4)C(=O)N23)c1. The molecule has 2 N–H and O–H groups in total. The van der Waals surface area contributed by atoms with Gasteiger partial charge in [0.05, 0.1) is 12.8 Å². The largest absolute Gasteiger partial charge is 0.497 e. The van der Waals surface area contributed by atoms with E-state index < -0.39 is 18.1 Å². The van der Waals surface area contributed by atoms with Crippen LogP contribution in [0.1, 0.15) is 38.8 Å². The van der Waals surface area contributed by atoms with Crippen molar-refractivity contribution in [2.45, 2.75) is 24.9 Å². The Morgan fingerprint density at radius 2 is 1.75 bits per heavy atom. The Bertz CT molecular complexity index is 1920. The summed E-state index contributed by atoms with van der Waals surface area (Å²) in [4.78, 5) is 47.2. The highest BCUT2D eigenvalue weighted by molar-refractivity contribution is 6.22. The third-order valence-corrected chi connectivity index (χ3v) is 8.48. The molecule has 7 rings (SSSR count). The number of hydrogen-bond donors (Lipinski definition) is 2. The van der Waals surface area contributed by atoms with Gasteiger partial charge >= 0.3 is 6.03 Å². The van der Waals surface area contributed by atoms with Crippen LogP contribution in [-0.4, -0.2) is 47.4 Å². The van der Waals surface area contributed by atoms with E-state index in [0.29, 0.717) is 35.4 Å². The Balaban J connectivity index is 1.16. The first-order valence-electron chi connectivity index (χ1n) is 14.5. The number of nitrogens with zero attached hydrogens (tertiary/aromatic N) is 2. The average Bonchev–Trinajstić information content (AvgIpc) is 3.54. The average molecular weight is 589 g/mol. The van der Waals surface area contributed by atoms with Crippen LogP contribution in [0.2, 0.25) is 0 Å². The number of imide groups is 1. The normalized spacial score (nSPS) is 17.5. The second-order valence-corrected chi connectivity index (χ2v) is 11.0. The van der Waals surface area contributed by atoms with Gasteiger partial charge in [-0.25, -0.2) is 14.1 Å². The lowest BCUT2D eigenvalue weighted by molar-refractivity contribution is -0.120. The van der Waals surface area contributed by atoms with Gasteiger partial charge < -0.3 is 15.0 Å². The first-order chi connectivity index (χ1) is 21.4. The lowest BCUT2D eigenvalue weighted by Crippen LogP contribution is -2.44. The van der Waals surface area contributed by atoms with Gasteiger partial charge in [-0.2, -0.15) is 0 Å². The maximum atomic E-state index is 14.1. The molecule has 0 radical (unpaired) electrons. The monoisotopic (exact) mass is 588 g/mol. The third kappa shape index (κ3) is 4.57. The second-order valence-electron chi connectivity index (χ2n) is 11.0. The molecule has 1 fully saturated rings. The number of rotatable bonds is 7. The maximum absolute atomic E-state index is 14.1. The fourth-order valence-electron chi connectivity index (χ4n) is 6.35. The summed E-state index contributed by atoms with van der Waals surface area (Å²) in [6, 6.07) is 26.7. The van der Waals surface area contributed by atoms with Gasteiger partial charge in [0.1, 0.15) is 23.7 Å². The summed E-state index contributed by atoms with van der Waals surface area (Å²) < 4.78 is 19.4. The summed E-state index contributed by atoms with van der Waals surface area (Å²) >= 11 is 0. The number of H-pyrrole nitrogens is 1. The van der Waals surface area contributed by atoms with Crippen LogP contribution >= 0.6 is 0 Å². The van der Waals surface area contributed by atoms with Crippen LogP contribution in [0.4, 0.5) is 14.9 Å². The number of aromatic amines is 1. The van der Waals surface area contributed by atoms with E-state index in [-0.39, 0.29) is 24.2 Å². The number of benzene rings is 4. The fourth-order valence-corrected chi connectivity index (χ4v) is 6.35. The number of hydrogen-bond acceptors (Lipinski definition) is 4. The molecule has 0 bridgehead atoms. The number of amides is 4. The molecule has 0 spiro atoms. The van der Waals surface area contributed by atoms with Gasteiger partial charge in [0.2, 0.25) is 0 Å². The van der Waals surface area contributed by atoms with Gasteiger partial charge in [-0.3, -0.25) is 14.5 Å². The van der Waals surface area contributed by atoms with Gasteiger partial charge in [-0.15, -0.1) is 0 Å². The number of nitrogens with one attached hydrogen (secondary N) is 2. The van der Waals surface area contributed by atoms with Crippen LogP contribution in [0.3, 0.4) is 0 Å². The van der Waals surface area contributed by atoms with E-state index in [2.05, 4.69) is 10.3 Å². The highest BCUT2D eigenvalue weighted by Crippen LogP contribution is 2.45. The Morgan fingerprint density at radius 1 is 0.977 bits per heavy atom. The van der Waals surface area contributed by atoms with E-state index in [4.69, 9.17) is 4.74 Å². The number of aromatic nitrogens is 1. The van der Waals surface area contributed by atoms with Crippen molar-refractivity contribution in [3.63, 3.8) is 0 Å². The molecular weight excluding hydrogens is 559 g/mol. The predicted molar refractivity (Wildman–Crippen MR) is 164 cm³/mol. The summed E-state index contributed by atoms with van der Waals surface area (Å²) in [5.74, 6) is -0.301. The smallest absolute Gasteiger partial charge is 0.332 e. The summed E-state index contributed by atoms with van der Waals surface area (Å²) in [5.41, 5.74) is 4.95. The fraction of sp³-hybridized carbons (Fsp3) is 0.171. The molecule has 2 aliphatic rings. The van der Waals surface area contributed by atoms with Gasteiger partial charge in [0.15, 0.2) is 0 Å². The zero-order valence-corrected chi connectivity index (χ0v) is 23.9. The molecule has 0 aliphatic carbocycles. The molecule has 4 amide bonds. The quantitative estimate of drug-likeness (QED) is 0.236. The zero-order chi connectivity index (χ0) is 30.4. The number of anilines is 1. The summed E-state index contributed by atoms with van der Waals surface area (Å²) in [7, 11) is 1.59. The number of ether oxygens (including phenoxy) is 1. The molecule has 220 valence electrons. The minimum absolute atomic E-state index is 0.266. The highest BCUT2D eigenvalue weighted by atomic mass is 19.1. The number of fused-ring (bicyclic) bond motifs is 4. The van der Waals surface area contributed by atoms with Crippen molar-refractivity contribution in [3.05, 3.63) is 131 Å². The van der Waals surface area contributed by atoms with Crippen molar-refractivity contribution in [1.29, 1.82) is 0 Å². The molecule has 44 heavy (non-hydrogen) atoms. The van der Waals surface area contributed by atoms with Crippen LogP contribution in [0.5, 0.6) is 5.75 Å². The molecule has 2 aliphatic heterocycles. The Morgan fingerprint density at radius 3 is 2.55 bits per heavy atom. The zero-order valence-electron chi connectivity index (χ0n) is 23.9. The van der Waals surface area contributed by atoms with E-state index >= 15 is 0 Å². The Labute approximate surface area is 253 Å². The van der Waals surface area contributed by atoms with Crippen molar-refractivity contribution in [1.82, 2.24) is 15.2 Å². The van der Waals surface area contributed by atoms with Crippen molar-refractivity contribution in [2.24, 2.45) is 0 Å². The van der Waals surface area contributed by atoms with Crippen LogP contribution in [0.15, 0.2) is 97.1 Å². The van der Waals surface area contributed by atoms with Crippen molar-refractivity contribution in [2.75, 3.05) is 18.6 Å². The van der Waals surface area contributed by atoms with Gasteiger partial charge in [0, 0.05) is 35.1 Å². The molecule has 5 aromatic rings. The van der Waals surface area contributed by atoms with E-state index in [9.17, 15) is 18.8 Å². The molecule has 0 unspecified atom stereocenters. The first kappa shape index (κ1) is 27.4. The van der Waals surface area contributed by atoms with E-state index in [1.54, 1.807) is 54.5 Å². The van der Waals surface area contributed by atoms with Gasteiger partial charge in [0.25, 0.3) is 11.8 Å². The van der Waals surface area contributed by atoms with Crippen LogP contribution in [0.25, 0.3) is 10.9 Å². The van der Waals surface area contributed by atoms with Crippen LogP contribution < -0.4 is 15.0 Å². The third-order valence-electron chi connectivity index (χ3n) is 8.48. The first-order valence-corrected chi connectivity index (χ1v) is 14.5. The minimum Gasteiger partial charge on any atom is -0.497 e. The summed E-state index contributed by atoms with van der Waals surface area (Å²) in [5, 5.41) is 3.83. The Kier molecular flexibility index (Phi) is 6.85. The second kappa shape index (κ2) is 11.0. The molecule has 3 heterocycles. The molecule has 9 heteroatoms. The van der Waals surface area contributed by atoms with Gasteiger partial charge in [-0.05, 0) is 71.6 Å². The topological polar surface area (TPSA) is 94.7 Å². The van der Waals surface area contributed by atoms with E-state index in [1.807, 2.05) is 48.5 Å². The molecule has 1 saturated heterocycles. The standard InChI is InChI=1S/C35H29FN4O4/c1-44-25-9-6-8-23(19-25)32-31-27(26-10-3-5-12-29(26)38-31)20-30-34(42)39(35(43)40(30)32)24-15-13-22(14-16-24)33(41)37-18-17-21-7-2-4-11-28(21)36/h2-16,19,30,32,38H,17-18,20H2,1H3,(H,37,41)/t30-,32-/m0/s1. The maximum Gasteiger partial charge on any atom is 0.332 e. The van der Waals surface area contributed by atoms with Crippen LogP contribution in [-0.2, 0) is 17.6 Å². The number of para-hydroxylation sites is 1. The summed E-state index contributed by atoms with van der Waals surface area (Å²) in [6.07, 6.45) is 0.736. The molecule has 2 atom stereocenters. The van der Waals surface area contributed by atoms with Crippen LogP contribution in [0, 0.1) is 5.82 Å². The molecule has 4 aromatic carbocycles. The van der Waals surface area contributed by atoms with E-state index in [1.165, 1.54) is 11.0 Å². The van der Waals surface area contributed by atoms with Crippen molar-refractivity contribution >= 4 is 34.4 Å². The number of urea groups is 1.